The number of likely N-dealkylation sites (tertiary alicyclic amines) is 1. The number of methoxy groups -OCH3 is 1. The van der Waals surface area contributed by atoms with E-state index in [1.165, 1.54) is 18.1 Å². The van der Waals surface area contributed by atoms with E-state index < -0.39 is 17.8 Å². The van der Waals surface area contributed by atoms with Crippen LogP contribution in [0, 0.1) is 17.7 Å². The predicted molar refractivity (Wildman–Crippen MR) is 85.2 cm³/mol. The number of amides is 1. The van der Waals surface area contributed by atoms with Crippen LogP contribution in [-0.2, 0) is 16.0 Å². The molecule has 2 fully saturated rings. The highest BCUT2D eigenvalue weighted by Crippen LogP contribution is 2.42. The van der Waals surface area contributed by atoms with E-state index in [0.29, 0.717) is 18.0 Å². The summed E-state index contributed by atoms with van der Waals surface area (Å²) in [6.07, 6.45) is 3.24. The van der Waals surface area contributed by atoms with E-state index in [9.17, 15) is 19.1 Å². The number of aliphatic carboxylic acids is 1. The summed E-state index contributed by atoms with van der Waals surface area (Å²) in [4.78, 5) is 25.6. The molecule has 3 atom stereocenters. The van der Waals surface area contributed by atoms with Gasteiger partial charge in [0.15, 0.2) is 11.6 Å². The molecule has 1 aliphatic heterocycles. The molecule has 1 aromatic rings. The van der Waals surface area contributed by atoms with Crippen LogP contribution in [0.3, 0.4) is 0 Å². The lowest BCUT2D eigenvalue weighted by molar-refractivity contribution is -0.149. The normalized spacial score (nSPS) is 25.6. The second kappa shape index (κ2) is 6.79. The second-order valence-electron chi connectivity index (χ2n) is 6.62. The second-order valence-corrected chi connectivity index (χ2v) is 6.62. The fourth-order valence-electron chi connectivity index (χ4n) is 4.17. The first-order valence-electron chi connectivity index (χ1n) is 8.36. The first-order valence-corrected chi connectivity index (χ1v) is 8.36. The predicted octanol–water partition coefficient (Wildman–Crippen LogP) is 2.48. The van der Waals surface area contributed by atoms with E-state index in [1.54, 1.807) is 12.1 Å². The third-order valence-electron chi connectivity index (χ3n) is 5.34. The molecule has 5 nitrogen and oxygen atoms in total. The summed E-state index contributed by atoms with van der Waals surface area (Å²) in [6.45, 7) is 0.515. The number of rotatable bonds is 5. The van der Waals surface area contributed by atoms with Crippen molar-refractivity contribution >= 4 is 11.9 Å². The van der Waals surface area contributed by atoms with Gasteiger partial charge in [-0.15, -0.1) is 0 Å². The summed E-state index contributed by atoms with van der Waals surface area (Å²) >= 11 is 0. The average molecular weight is 335 g/mol. The summed E-state index contributed by atoms with van der Waals surface area (Å²) in [5, 5.41) is 9.51. The van der Waals surface area contributed by atoms with Crippen molar-refractivity contribution in [1.29, 1.82) is 0 Å². The van der Waals surface area contributed by atoms with Gasteiger partial charge in [0.2, 0.25) is 5.91 Å². The Bertz CT molecular complexity index is 648. The number of nitrogens with zero attached hydrogens (tertiary/aromatic N) is 1. The van der Waals surface area contributed by atoms with Gasteiger partial charge in [-0.3, -0.25) is 4.79 Å². The quantitative estimate of drug-likeness (QED) is 0.898. The monoisotopic (exact) mass is 335 g/mol. The van der Waals surface area contributed by atoms with Crippen molar-refractivity contribution < 1.29 is 23.8 Å². The van der Waals surface area contributed by atoms with Crippen molar-refractivity contribution in [3.05, 3.63) is 29.6 Å². The number of hydrogen-bond donors (Lipinski definition) is 1. The maximum Gasteiger partial charge on any atom is 0.326 e. The Morgan fingerprint density at radius 3 is 2.88 bits per heavy atom. The molecule has 24 heavy (non-hydrogen) atoms. The Balaban J connectivity index is 1.68. The Kier molecular flexibility index (Phi) is 4.73. The third kappa shape index (κ3) is 2.97. The largest absolute Gasteiger partial charge is 0.494 e. The highest BCUT2D eigenvalue weighted by molar-refractivity contribution is 5.85. The molecule has 1 aromatic carbocycles. The third-order valence-corrected chi connectivity index (χ3v) is 5.34. The lowest BCUT2D eigenvalue weighted by Crippen LogP contribution is -2.43. The molecule has 0 aromatic heterocycles. The summed E-state index contributed by atoms with van der Waals surface area (Å²) in [5.41, 5.74) is 0.411. The highest BCUT2D eigenvalue weighted by atomic mass is 19.1. The first kappa shape index (κ1) is 16.7. The van der Waals surface area contributed by atoms with Crippen molar-refractivity contribution in [3.63, 3.8) is 0 Å². The SMILES string of the molecule is COc1cccc(CCC(=O)N2C[C@@H]3CCC[C@H]3[C@H]2C(=O)O)c1F. The summed E-state index contributed by atoms with van der Waals surface area (Å²) in [7, 11) is 1.40. The van der Waals surface area contributed by atoms with Gasteiger partial charge in [0, 0.05) is 13.0 Å². The average Bonchev–Trinajstić information content (AvgIpc) is 3.13. The van der Waals surface area contributed by atoms with E-state index in [-0.39, 0.29) is 30.4 Å². The number of carboxylic acid groups (broad SMARTS) is 1. The molecule has 1 saturated heterocycles. The number of halogens is 1. The summed E-state index contributed by atoms with van der Waals surface area (Å²) in [5.74, 6) is -1.08. The van der Waals surface area contributed by atoms with Gasteiger partial charge in [-0.2, -0.15) is 0 Å². The Labute approximate surface area is 140 Å². The Hall–Kier alpha value is -2.11. The lowest BCUT2D eigenvalue weighted by Gasteiger charge is -2.24. The number of aryl methyl sites for hydroxylation is 1. The zero-order valence-electron chi connectivity index (χ0n) is 13.7. The lowest BCUT2D eigenvalue weighted by atomic mass is 9.94. The molecule has 1 N–H and O–H groups in total. The Morgan fingerprint density at radius 2 is 2.17 bits per heavy atom. The molecule has 3 rings (SSSR count). The molecule has 6 heteroatoms. The van der Waals surface area contributed by atoms with Gasteiger partial charge in [0.1, 0.15) is 6.04 Å². The van der Waals surface area contributed by atoms with Gasteiger partial charge in [-0.25, -0.2) is 9.18 Å². The highest BCUT2D eigenvalue weighted by Gasteiger charge is 2.49. The summed E-state index contributed by atoms with van der Waals surface area (Å²) < 4.78 is 19.1. The van der Waals surface area contributed by atoms with Gasteiger partial charge in [0.05, 0.1) is 7.11 Å². The fourth-order valence-corrected chi connectivity index (χ4v) is 4.17. The van der Waals surface area contributed by atoms with Crippen LogP contribution >= 0.6 is 0 Å². The molecule has 1 saturated carbocycles. The van der Waals surface area contributed by atoms with Crippen LogP contribution in [0.1, 0.15) is 31.2 Å². The van der Waals surface area contributed by atoms with Crippen molar-refractivity contribution in [2.75, 3.05) is 13.7 Å². The van der Waals surface area contributed by atoms with Crippen molar-refractivity contribution in [2.24, 2.45) is 11.8 Å². The van der Waals surface area contributed by atoms with Crippen molar-refractivity contribution in [3.8, 4) is 5.75 Å². The molecule has 0 radical (unpaired) electrons. The minimum Gasteiger partial charge on any atom is -0.494 e. The standard InChI is InChI=1S/C18H22FNO4/c1-24-14-7-3-4-11(16(14)19)8-9-15(21)20-10-12-5-2-6-13(12)17(20)18(22)23/h3-4,7,12-13,17H,2,5-6,8-10H2,1H3,(H,22,23)/t12-,13+,17-/m0/s1. The molecular formula is C18H22FNO4. The van der Waals surface area contributed by atoms with Crippen LogP contribution in [-0.4, -0.2) is 41.6 Å². The number of carbonyl (C=O) groups excluding carboxylic acids is 1. The van der Waals surface area contributed by atoms with Crippen LogP contribution in [0.25, 0.3) is 0 Å². The molecule has 0 bridgehead atoms. The molecule has 0 unspecified atom stereocenters. The number of carbonyl (C=O) groups is 2. The zero-order chi connectivity index (χ0) is 17.3. The minimum atomic E-state index is -0.926. The van der Waals surface area contributed by atoms with Gasteiger partial charge in [-0.1, -0.05) is 18.6 Å². The van der Waals surface area contributed by atoms with Crippen LogP contribution in [0.2, 0.25) is 0 Å². The van der Waals surface area contributed by atoms with E-state index in [1.807, 2.05) is 0 Å². The van der Waals surface area contributed by atoms with E-state index in [2.05, 4.69) is 0 Å². The molecule has 1 heterocycles. The van der Waals surface area contributed by atoms with Crippen LogP contribution in [0.5, 0.6) is 5.75 Å². The zero-order valence-corrected chi connectivity index (χ0v) is 13.7. The van der Waals surface area contributed by atoms with Crippen molar-refractivity contribution in [2.45, 2.75) is 38.1 Å². The number of fused-ring (bicyclic) bond motifs is 1. The number of hydrogen-bond acceptors (Lipinski definition) is 3. The van der Waals surface area contributed by atoms with E-state index >= 15 is 0 Å². The maximum absolute atomic E-state index is 14.1. The van der Waals surface area contributed by atoms with Crippen LogP contribution < -0.4 is 4.74 Å². The van der Waals surface area contributed by atoms with E-state index in [4.69, 9.17) is 4.74 Å². The minimum absolute atomic E-state index is 0.0694. The fraction of sp³-hybridized carbons (Fsp3) is 0.556. The van der Waals surface area contributed by atoms with E-state index in [0.717, 1.165) is 19.3 Å². The summed E-state index contributed by atoms with van der Waals surface area (Å²) in [6, 6.07) is 4.11. The molecular weight excluding hydrogens is 313 g/mol. The molecule has 1 amide bonds. The van der Waals surface area contributed by atoms with Crippen LogP contribution in [0.4, 0.5) is 4.39 Å². The molecule has 1 aliphatic carbocycles. The topological polar surface area (TPSA) is 66.8 Å². The molecule has 130 valence electrons. The number of carboxylic acids is 1. The molecule has 2 aliphatic rings. The van der Waals surface area contributed by atoms with Gasteiger partial charge in [0.25, 0.3) is 0 Å². The van der Waals surface area contributed by atoms with Crippen molar-refractivity contribution in [1.82, 2.24) is 4.90 Å². The smallest absolute Gasteiger partial charge is 0.326 e. The van der Waals surface area contributed by atoms with Gasteiger partial charge in [-0.05, 0) is 42.7 Å². The number of benzene rings is 1. The first-order chi connectivity index (χ1) is 11.5. The van der Waals surface area contributed by atoms with Gasteiger partial charge >= 0.3 is 5.97 Å². The molecule has 0 spiro atoms. The maximum atomic E-state index is 14.1. The Morgan fingerprint density at radius 1 is 1.38 bits per heavy atom. The number of ether oxygens (including phenoxy) is 1. The van der Waals surface area contributed by atoms with Gasteiger partial charge < -0.3 is 14.7 Å². The van der Waals surface area contributed by atoms with Crippen LogP contribution in [0.15, 0.2) is 18.2 Å².